The van der Waals surface area contributed by atoms with Gasteiger partial charge in [-0.3, -0.25) is 0 Å². The number of imidazole rings is 1. The second-order valence-corrected chi connectivity index (χ2v) is 7.15. The highest BCUT2D eigenvalue weighted by atomic mass is 15.1. The van der Waals surface area contributed by atoms with E-state index < -0.39 is 0 Å². The van der Waals surface area contributed by atoms with Gasteiger partial charge < -0.3 is 9.88 Å². The second kappa shape index (κ2) is 5.45. The maximum absolute atomic E-state index is 5.02. The zero-order valence-electron chi connectivity index (χ0n) is 13.7. The predicted molar refractivity (Wildman–Crippen MR) is 88.7 cm³/mol. The van der Waals surface area contributed by atoms with Crippen molar-refractivity contribution in [3.05, 3.63) is 30.1 Å². The van der Waals surface area contributed by atoms with E-state index in [9.17, 15) is 0 Å². The molecule has 1 unspecified atom stereocenters. The van der Waals surface area contributed by atoms with Crippen LogP contribution >= 0.6 is 0 Å². The van der Waals surface area contributed by atoms with Crippen LogP contribution in [-0.4, -0.2) is 22.6 Å². The SMILES string of the molecule is CC(C)n1c(C(C)(C)C2CCCNC2)nc2ccccc21. The predicted octanol–water partition coefficient (Wildman–Crippen LogP) is 3.89. The molecule has 1 saturated heterocycles. The molecule has 114 valence electrons. The van der Waals surface area contributed by atoms with Crippen LogP contribution in [0.3, 0.4) is 0 Å². The molecule has 3 heteroatoms. The molecular formula is C18H27N3. The van der Waals surface area contributed by atoms with Crippen LogP contribution in [0.1, 0.15) is 52.4 Å². The number of rotatable bonds is 3. The van der Waals surface area contributed by atoms with E-state index in [1.807, 2.05) is 0 Å². The molecular weight excluding hydrogens is 258 g/mol. The number of aromatic nitrogens is 2. The molecule has 0 radical (unpaired) electrons. The summed E-state index contributed by atoms with van der Waals surface area (Å²) >= 11 is 0. The lowest BCUT2D eigenvalue weighted by molar-refractivity contribution is 0.234. The molecule has 1 aromatic carbocycles. The van der Waals surface area contributed by atoms with E-state index in [0.717, 1.165) is 18.6 Å². The molecule has 1 aliphatic rings. The molecule has 0 spiro atoms. The van der Waals surface area contributed by atoms with Crippen molar-refractivity contribution in [3.8, 4) is 0 Å². The Morgan fingerprint density at radius 1 is 1.29 bits per heavy atom. The Labute approximate surface area is 127 Å². The number of fused-ring (bicyclic) bond motifs is 1. The van der Waals surface area contributed by atoms with Gasteiger partial charge in [-0.05, 0) is 57.8 Å². The average Bonchev–Trinajstić information content (AvgIpc) is 2.88. The van der Waals surface area contributed by atoms with Crippen LogP contribution in [0.25, 0.3) is 11.0 Å². The van der Waals surface area contributed by atoms with Crippen molar-refractivity contribution in [2.45, 2.75) is 52.0 Å². The zero-order valence-corrected chi connectivity index (χ0v) is 13.7. The van der Waals surface area contributed by atoms with Gasteiger partial charge in [0.2, 0.25) is 0 Å². The van der Waals surface area contributed by atoms with Gasteiger partial charge >= 0.3 is 0 Å². The van der Waals surface area contributed by atoms with Crippen molar-refractivity contribution in [3.63, 3.8) is 0 Å². The van der Waals surface area contributed by atoms with Gasteiger partial charge in [0.1, 0.15) is 5.82 Å². The number of nitrogens with zero attached hydrogens (tertiary/aromatic N) is 2. The number of benzene rings is 1. The number of piperidine rings is 1. The van der Waals surface area contributed by atoms with Crippen LogP contribution < -0.4 is 5.32 Å². The van der Waals surface area contributed by atoms with Crippen molar-refractivity contribution >= 4 is 11.0 Å². The van der Waals surface area contributed by atoms with E-state index in [-0.39, 0.29) is 5.41 Å². The Kier molecular flexibility index (Phi) is 3.78. The Morgan fingerprint density at radius 3 is 2.71 bits per heavy atom. The lowest BCUT2D eigenvalue weighted by atomic mass is 9.74. The topological polar surface area (TPSA) is 29.9 Å². The Morgan fingerprint density at radius 2 is 2.05 bits per heavy atom. The first kappa shape index (κ1) is 14.6. The second-order valence-electron chi connectivity index (χ2n) is 7.15. The van der Waals surface area contributed by atoms with E-state index >= 15 is 0 Å². The third-order valence-electron chi connectivity index (χ3n) is 5.01. The van der Waals surface area contributed by atoms with Gasteiger partial charge in [0, 0.05) is 11.5 Å². The highest BCUT2D eigenvalue weighted by Crippen LogP contribution is 2.37. The van der Waals surface area contributed by atoms with Gasteiger partial charge in [0.15, 0.2) is 0 Å². The smallest absolute Gasteiger partial charge is 0.116 e. The molecule has 1 aromatic heterocycles. The van der Waals surface area contributed by atoms with Gasteiger partial charge in [-0.15, -0.1) is 0 Å². The van der Waals surface area contributed by atoms with E-state index in [2.05, 4.69) is 61.8 Å². The van der Waals surface area contributed by atoms with E-state index in [0.29, 0.717) is 12.0 Å². The van der Waals surface area contributed by atoms with Crippen LogP contribution in [0.4, 0.5) is 0 Å². The molecule has 3 rings (SSSR count). The Bertz CT molecular complexity index is 618. The molecule has 21 heavy (non-hydrogen) atoms. The van der Waals surface area contributed by atoms with Gasteiger partial charge in [-0.2, -0.15) is 0 Å². The number of nitrogens with one attached hydrogen (secondary N) is 1. The fraction of sp³-hybridized carbons (Fsp3) is 0.611. The molecule has 2 aromatic rings. The molecule has 3 nitrogen and oxygen atoms in total. The van der Waals surface area contributed by atoms with Crippen LogP contribution in [-0.2, 0) is 5.41 Å². The van der Waals surface area contributed by atoms with Gasteiger partial charge in [0.25, 0.3) is 0 Å². The van der Waals surface area contributed by atoms with Crippen LogP contribution in [0.15, 0.2) is 24.3 Å². The summed E-state index contributed by atoms with van der Waals surface area (Å²) in [6, 6.07) is 8.96. The van der Waals surface area contributed by atoms with E-state index in [1.165, 1.54) is 24.2 Å². The van der Waals surface area contributed by atoms with E-state index in [1.54, 1.807) is 0 Å². The van der Waals surface area contributed by atoms with Crippen LogP contribution in [0, 0.1) is 5.92 Å². The highest BCUT2D eigenvalue weighted by molar-refractivity contribution is 5.76. The molecule has 2 heterocycles. The van der Waals surface area contributed by atoms with Gasteiger partial charge in [-0.25, -0.2) is 4.98 Å². The monoisotopic (exact) mass is 285 g/mol. The van der Waals surface area contributed by atoms with Crippen LogP contribution in [0.5, 0.6) is 0 Å². The molecule has 0 aliphatic carbocycles. The third kappa shape index (κ3) is 2.48. The summed E-state index contributed by atoms with van der Waals surface area (Å²) in [4.78, 5) is 5.02. The standard InChI is InChI=1S/C18H27N3/c1-13(2)21-16-10-6-5-9-15(16)20-17(21)18(3,4)14-8-7-11-19-12-14/h5-6,9-10,13-14,19H,7-8,11-12H2,1-4H3. The molecule has 0 saturated carbocycles. The maximum atomic E-state index is 5.02. The maximum Gasteiger partial charge on any atom is 0.116 e. The summed E-state index contributed by atoms with van der Waals surface area (Å²) in [5.74, 6) is 1.90. The van der Waals surface area contributed by atoms with Crippen molar-refractivity contribution in [2.75, 3.05) is 13.1 Å². The van der Waals surface area contributed by atoms with Gasteiger partial charge in [-0.1, -0.05) is 26.0 Å². The molecule has 1 fully saturated rings. The number of hydrogen-bond acceptors (Lipinski definition) is 2. The zero-order chi connectivity index (χ0) is 15.0. The molecule has 1 atom stereocenters. The summed E-state index contributed by atoms with van der Waals surface area (Å²) in [6.45, 7) is 11.5. The average molecular weight is 285 g/mol. The van der Waals surface area contributed by atoms with Crippen LogP contribution in [0.2, 0.25) is 0 Å². The van der Waals surface area contributed by atoms with Crippen molar-refractivity contribution in [1.29, 1.82) is 0 Å². The minimum atomic E-state index is 0.0940. The molecule has 1 N–H and O–H groups in total. The lowest BCUT2D eigenvalue weighted by Crippen LogP contribution is -2.42. The third-order valence-corrected chi connectivity index (χ3v) is 5.01. The minimum absolute atomic E-state index is 0.0940. The Balaban J connectivity index is 2.11. The number of hydrogen-bond donors (Lipinski definition) is 1. The first-order valence-corrected chi connectivity index (χ1v) is 8.20. The van der Waals surface area contributed by atoms with Crippen molar-refractivity contribution in [1.82, 2.24) is 14.9 Å². The fourth-order valence-corrected chi connectivity index (χ4v) is 3.67. The molecule has 1 aliphatic heterocycles. The Hall–Kier alpha value is -1.35. The summed E-state index contributed by atoms with van der Waals surface area (Å²) in [5.41, 5.74) is 2.48. The highest BCUT2D eigenvalue weighted by Gasteiger charge is 2.36. The molecule has 0 amide bonds. The first-order valence-electron chi connectivity index (χ1n) is 8.20. The number of para-hydroxylation sites is 2. The minimum Gasteiger partial charge on any atom is -0.325 e. The summed E-state index contributed by atoms with van der Waals surface area (Å²) in [6.07, 6.45) is 2.57. The van der Waals surface area contributed by atoms with Crippen molar-refractivity contribution in [2.24, 2.45) is 5.92 Å². The summed E-state index contributed by atoms with van der Waals surface area (Å²) in [7, 11) is 0. The molecule has 0 bridgehead atoms. The summed E-state index contributed by atoms with van der Waals surface area (Å²) < 4.78 is 2.43. The lowest BCUT2D eigenvalue weighted by Gasteiger charge is -2.37. The normalized spacial score (nSPS) is 20.3. The first-order chi connectivity index (χ1) is 10.0. The quantitative estimate of drug-likeness (QED) is 0.927. The van der Waals surface area contributed by atoms with Gasteiger partial charge in [0.05, 0.1) is 11.0 Å². The largest absolute Gasteiger partial charge is 0.325 e. The summed E-state index contributed by atoms with van der Waals surface area (Å²) in [5, 5.41) is 3.56. The van der Waals surface area contributed by atoms with E-state index in [4.69, 9.17) is 4.98 Å². The fourth-order valence-electron chi connectivity index (χ4n) is 3.67. The van der Waals surface area contributed by atoms with Crippen molar-refractivity contribution < 1.29 is 0 Å².